The van der Waals surface area contributed by atoms with E-state index in [1.54, 1.807) is 17.0 Å². The third kappa shape index (κ3) is 3.20. The number of nitrogens with two attached hydrogens (primary N) is 1. The number of rotatable bonds is 2. The molecule has 0 spiro atoms. The molecule has 0 saturated carbocycles. The van der Waals surface area contributed by atoms with Crippen LogP contribution in [0.1, 0.15) is 30.6 Å². The highest BCUT2D eigenvalue weighted by Gasteiger charge is 2.27. The first kappa shape index (κ1) is 16.3. The van der Waals surface area contributed by atoms with Crippen molar-refractivity contribution < 1.29 is 14.3 Å². The number of primary amides is 1. The van der Waals surface area contributed by atoms with Gasteiger partial charge in [0.25, 0.3) is 5.91 Å². The number of nitrogens with zero attached hydrogens (tertiary/aromatic N) is 1. The number of amides is 2. The van der Waals surface area contributed by atoms with Gasteiger partial charge in [0.15, 0.2) is 0 Å². The molecule has 2 amide bonds. The first-order valence-electron chi connectivity index (χ1n) is 8.24. The Morgan fingerprint density at radius 3 is 2.42 bits per heavy atom. The Balaban J connectivity index is 1.91. The highest BCUT2D eigenvalue weighted by molar-refractivity contribution is 6.09. The van der Waals surface area contributed by atoms with Crippen molar-refractivity contribution in [2.24, 2.45) is 17.6 Å². The van der Waals surface area contributed by atoms with Gasteiger partial charge in [0, 0.05) is 13.1 Å². The standard InChI is InChI=1S/C19H22N2O3/c1-12-9-13(2)11-21(10-12)19(23)24-16-8-7-14-5-3-4-6-15(14)17(16)18(20)22/h3-8,12-13H,9-11H2,1-2H3,(H2,20,22). The molecule has 24 heavy (non-hydrogen) atoms. The quantitative estimate of drug-likeness (QED) is 0.919. The summed E-state index contributed by atoms with van der Waals surface area (Å²) in [5, 5.41) is 1.57. The van der Waals surface area contributed by atoms with Crippen molar-refractivity contribution >= 4 is 22.8 Å². The molecule has 0 radical (unpaired) electrons. The highest BCUT2D eigenvalue weighted by Crippen LogP contribution is 2.29. The summed E-state index contributed by atoms with van der Waals surface area (Å²) in [4.78, 5) is 26.1. The summed E-state index contributed by atoms with van der Waals surface area (Å²) < 4.78 is 5.54. The van der Waals surface area contributed by atoms with Crippen molar-refractivity contribution in [3.63, 3.8) is 0 Å². The third-order valence-electron chi connectivity index (χ3n) is 4.46. The largest absolute Gasteiger partial charge is 0.415 e. The van der Waals surface area contributed by atoms with Crippen molar-refractivity contribution in [1.29, 1.82) is 0 Å². The molecule has 2 N–H and O–H groups in total. The molecule has 2 atom stereocenters. The molecular weight excluding hydrogens is 304 g/mol. The van der Waals surface area contributed by atoms with Gasteiger partial charge in [-0.25, -0.2) is 4.79 Å². The summed E-state index contributed by atoms with van der Waals surface area (Å²) in [5.41, 5.74) is 5.78. The highest BCUT2D eigenvalue weighted by atomic mass is 16.6. The second-order valence-corrected chi connectivity index (χ2v) is 6.74. The zero-order chi connectivity index (χ0) is 17.3. The molecule has 2 unspecified atom stereocenters. The Morgan fingerprint density at radius 2 is 1.75 bits per heavy atom. The Morgan fingerprint density at radius 1 is 1.08 bits per heavy atom. The number of carbonyl (C=O) groups is 2. The van der Waals surface area contributed by atoms with Crippen LogP contribution in [0.4, 0.5) is 4.79 Å². The van der Waals surface area contributed by atoms with E-state index < -0.39 is 12.0 Å². The van der Waals surface area contributed by atoms with E-state index in [1.165, 1.54) is 0 Å². The number of fused-ring (bicyclic) bond motifs is 1. The zero-order valence-corrected chi connectivity index (χ0v) is 14.0. The molecule has 126 valence electrons. The van der Waals surface area contributed by atoms with Crippen LogP contribution in [0.5, 0.6) is 5.75 Å². The first-order valence-corrected chi connectivity index (χ1v) is 8.24. The number of ether oxygens (including phenoxy) is 1. The molecule has 5 heteroatoms. The summed E-state index contributed by atoms with van der Waals surface area (Å²) in [7, 11) is 0. The number of hydrogen-bond acceptors (Lipinski definition) is 3. The first-order chi connectivity index (χ1) is 11.5. The molecule has 1 aliphatic heterocycles. The van der Waals surface area contributed by atoms with Gasteiger partial charge >= 0.3 is 6.09 Å². The average molecular weight is 326 g/mol. The van der Waals surface area contributed by atoms with Gasteiger partial charge in [0.2, 0.25) is 0 Å². The second-order valence-electron chi connectivity index (χ2n) is 6.74. The Hall–Kier alpha value is -2.56. The van der Waals surface area contributed by atoms with Gasteiger partial charge in [0.1, 0.15) is 5.75 Å². The number of likely N-dealkylation sites (tertiary alicyclic amines) is 1. The molecule has 1 aliphatic rings. The smallest absolute Gasteiger partial charge is 0.409 e. The van der Waals surface area contributed by atoms with E-state index in [2.05, 4.69) is 13.8 Å². The summed E-state index contributed by atoms with van der Waals surface area (Å²) in [6.07, 6.45) is 0.679. The van der Waals surface area contributed by atoms with E-state index in [-0.39, 0.29) is 11.3 Å². The average Bonchev–Trinajstić information content (AvgIpc) is 2.53. The molecule has 2 aromatic carbocycles. The van der Waals surface area contributed by atoms with Gasteiger partial charge in [-0.15, -0.1) is 0 Å². The van der Waals surface area contributed by atoms with Crippen molar-refractivity contribution in [3.8, 4) is 5.75 Å². The topological polar surface area (TPSA) is 72.6 Å². The fourth-order valence-electron chi connectivity index (χ4n) is 3.56. The van der Waals surface area contributed by atoms with Crippen molar-refractivity contribution in [1.82, 2.24) is 4.90 Å². The van der Waals surface area contributed by atoms with Crippen LogP contribution in [0.25, 0.3) is 10.8 Å². The van der Waals surface area contributed by atoms with Crippen LogP contribution < -0.4 is 10.5 Å². The number of piperidine rings is 1. The van der Waals surface area contributed by atoms with Crippen LogP contribution in [0, 0.1) is 11.8 Å². The lowest BCUT2D eigenvalue weighted by Crippen LogP contribution is -2.44. The molecule has 0 aliphatic carbocycles. The predicted molar refractivity (Wildman–Crippen MR) is 93.0 cm³/mol. The van der Waals surface area contributed by atoms with Gasteiger partial charge < -0.3 is 15.4 Å². The second kappa shape index (κ2) is 6.51. The monoisotopic (exact) mass is 326 g/mol. The molecule has 0 aromatic heterocycles. The summed E-state index contributed by atoms with van der Waals surface area (Å²) >= 11 is 0. The van der Waals surface area contributed by atoms with Crippen molar-refractivity contribution in [3.05, 3.63) is 42.0 Å². The SMILES string of the molecule is CC1CC(C)CN(C(=O)Oc2ccc3ccccc3c2C(N)=O)C1. The maximum absolute atomic E-state index is 12.5. The van der Waals surface area contributed by atoms with E-state index in [9.17, 15) is 9.59 Å². The minimum Gasteiger partial charge on any atom is -0.409 e. The molecule has 2 aromatic rings. The lowest BCUT2D eigenvalue weighted by molar-refractivity contribution is 0.0992. The van der Waals surface area contributed by atoms with Crippen molar-refractivity contribution in [2.45, 2.75) is 20.3 Å². The lowest BCUT2D eigenvalue weighted by atomic mass is 9.92. The fourth-order valence-corrected chi connectivity index (χ4v) is 3.56. The van der Waals surface area contributed by atoms with Gasteiger partial charge in [-0.1, -0.05) is 44.2 Å². The molecule has 1 fully saturated rings. The van der Waals surface area contributed by atoms with E-state index in [1.807, 2.05) is 24.3 Å². The number of hydrogen-bond donors (Lipinski definition) is 1. The van der Waals surface area contributed by atoms with Crippen LogP contribution in [0.2, 0.25) is 0 Å². The van der Waals surface area contributed by atoms with Crippen LogP contribution in [0.3, 0.4) is 0 Å². The normalized spacial score (nSPS) is 20.8. The maximum Gasteiger partial charge on any atom is 0.415 e. The van der Waals surface area contributed by atoms with Crippen LogP contribution >= 0.6 is 0 Å². The van der Waals surface area contributed by atoms with Gasteiger partial charge in [-0.3, -0.25) is 4.79 Å². The fraction of sp³-hybridized carbons (Fsp3) is 0.368. The van der Waals surface area contributed by atoms with E-state index in [4.69, 9.17) is 10.5 Å². The van der Waals surface area contributed by atoms with E-state index in [0.29, 0.717) is 30.3 Å². The third-order valence-corrected chi connectivity index (χ3v) is 4.46. The maximum atomic E-state index is 12.5. The summed E-state index contributed by atoms with van der Waals surface area (Å²) in [6, 6.07) is 10.9. The molecule has 1 saturated heterocycles. The van der Waals surface area contributed by atoms with Gasteiger partial charge in [-0.2, -0.15) is 0 Å². The van der Waals surface area contributed by atoms with Crippen LogP contribution in [0.15, 0.2) is 36.4 Å². The lowest BCUT2D eigenvalue weighted by Gasteiger charge is -2.34. The molecule has 5 nitrogen and oxygen atoms in total. The minimum absolute atomic E-state index is 0.220. The van der Waals surface area contributed by atoms with Gasteiger partial charge in [-0.05, 0) is 35.1 Å². The van der Waals surface area contributed by atoms with E-state index in [0.717, 1.165) is 11.8 Å². The van der Waals surface area contributed by atoms with Crippen LogP contribution in [-0.4, -0.2) is 30.0 Å². The molecular formula is C19H22N2O3. The Bertz CT molecular complexity index is 777. The van der Waals surface area contributed by atoms with E-state index >= 15 is 0 Å². The van der Waals surface area contributed by atoms with Gasteiger partial charge in [0.05, 0.1) is 5.56 Å². The minimum atomic E-state index is -0.602. The number of benzene rings is 2. The van der Waals surface area contributed by atoms with Crippen molar-refractivity contribution in [2.75, 3.05) is 13.1 Å². The van der Waals surface area contributed by atoms with Crippen LogP contribution in [-0.2, 0) is 0 Å². The number of carbonyl (C=O) groups excluding carboxylic acids is 2. The predicted octanol–water partition coefficient (Wildman–Crippen LogP) is 3.42. The zero-order valence-electron chi connectivity index (χ0n) is 14.0. The Kier molecular flexibility index (Phi) is 4.42. The summed E-state index contributed by atoms with van der Waals surface area (Å²) in [6.45, 7) is 5.59. The molecule has 3 rings (SSSR count). The molecule has 0 bridgehead atoms. The summed E-state index contributed by atoms with van der Waals surface area (Å²) in [5.74, 6) is 0.495. The molecule has 1 heterocycles. The Labute approximate surface area is 141 Å².